The van der Waals surface area contributed by atoms with E-state index in [0.29, 0.717) is 38.1 Å². The van der Waals surface area contributed by atoms with Gasteiger partial charge >= 0.3 is 0 Å². The summed E-state index contributed by atoms with van der Waals surface area (Å²) in [5, 5.41) is 14.7. The fourth-order valence-electron chi connectivity index (χ4n) is 3.07. The zero-order chi connectivity index (χ0) is 16.4. The molecule has 0 aromatic carbocycles. The third-order valence-electron chi connectivity index (χ3n) is 4.65. The number of aliphatic hydroxyl groups is 1. The van der Waals surface area contributed by atoms with Gasteiger partial charge in [-0.3, -0.25) is 9.78 Å². The maximum Gasteiger partial charge on any atom is 0.227 e. The van der Waals surface area contributed by atoms with Crippen LogP contribution in [0.5, 0.6) is 0 Å². The highest BCUT2D eigenvalue weighted by atomic mass is 16.5. The van der Waals surface area contributed by atoms with Gasteiger partial charge in [0.05, 0.1) is 17.7 Å². The predicted molar refractivity (Wildman–Crippen MR) is 83.6 cm³/mol. The Morgan fingerprint density at radius 1 is 1.39 bits per heavy atom. The summed E-state index contributed by atoms with van der Waals surface area (Å²) in [6, 6.07) is 3.70. The van der Waals surface area contributed by atoms with Crippen LogP contribution in [-0.4, -0.2) is 39.1 Å². The summed E-state index contributed by atoms with van der Waals surface area (Å²) in [5.74, 6) is 0.743. The summed E-state index contributed by atoms with van der Waals surface area (Å²) in [6.45, 7) is 4.73. The van der Waals surface area contributed by atoms with Crippen LogP contribution in [0, 0.1) is 13.8 Å². The number of aryl methyl sites for hydroxylation is 2. The van der Waals surface area contributed by atoms with Crippen molar-refractivity contribution in [3.8, 4) is 0 Å². The van der Waals surface area contributed by atoms with Crippen LogP contribution in [0.25, 0.3) is 0 Å². The van der Waals surface area contributed by atoms with Gasteiger partial charge in [-0.05, 0) is 32.8 Å². The summed E-state index contributed by atoms with van der Waals surface area (Å²) >= 11 is 0. The molecule has 1 aliphatic rings. The maximum atomic E-state index is 12.5. The van der Waals surface area contributed by atoms with Crippen LogP contribution in [0.2, 0.25) is 0 Å². The molecule has 23 heavy (non-hydrogen) atoms. The highest BCUT2D eigenvalue weighted by Gasteiger charge is 2.35. The van der Waals surface area contributed by atoms with Crippen LogP contribution in [0.3, 0.4) is 0 Å². The van der Waals surface area contributed by atoms with Gasteiger partial charge in [-0.1, -0.05) is 11.2 Å². The van der Waals surface area contributed by atoms with E-state index in [2.05, 4.69) is 10.1 Å². The SMILES string of the molecule is Cc1noc(C)c1CC(=O)N1CCC(O)(c2cccnc2)CC1. The Morgan fingerprint density at radius 3 is 2.70 bits per heavy atom. The number of nitrogens with zero attached hydrogens (tertiary/aromatic N) is 3. The molecule has 0 spiro atoms. The molecular formula is C17H21N3O3. The fourth-order valence-corrected chi connectivity index (χ4v) is 3.07. The molecule has 0 radical (unpaired) electrons. The molecule has 1 fully saturated rings. The Kier molecular flexibility index (Phi) is 4.17. The molecule has 6 nitrogen and oxygen atoms in total. The van der Waals surface area contributed by atoms with Gasteiger partial charge in [-0.15, -0.1) is 0 Å². The Morgan fingerprint density at radius 2 is 2.13 bits per heavy atom. The summed E-state index contributed by atoms with van der Waals surface area (Å²) < 4.78 is 5.11. The number of amides is 1. The second-order valence-corrected chi connectivity index (χ2v) is 6.13. The molecule has 3 heterocycles. The van der Waals surface area contributed by atoms with Gasteiger partial charge < -0.3 is 14.5 Å². The van der Waals surface area contributed by atoms with Gasteiger partial charge in [0, 0.05) is 36.6 Å². The zero-order valence-corrected chi connectivity index (χ0v) is 13.5. The number of piperidine rings is 1. The summed E-state index contributed by atoms with van der Waals surface area (Å²) in [5.41, 5.74) is 1.55. The molecule has 1 saturated heterocycles. The van der Waals surface area contributed by atoms with Crippen LogP contribution in [0.15, 0.2) is 29.0 Å². The number of carbonyl (C=O) groups is 1. The lowest BCUT2D eigenvalue weighted by atomic mass is 9.85. The molecule has 1 amide bonds. The van der Waals surface area contributed by atoms with Crippen LogP contribution < -0.4 is 0 Å². The van der Waals surface area contributed by atoms with Crippen LogP contribution in [0.1, 0.15) is 35.4 Å². The van der Waals surface area contributed by atoms with Gasteiger partial charge in [0.1, 0.15) is 5.76 Å². The molecule has 1 N–H and O–H groups in total. The minimum atomic E-state index is -0.895. The number of carbonyl (C=O) groups excluding carboxylic acids is 1. The standard InChI is InChI=1S/C17H21N3O3/c1-12-15(13(2)23-19-12)10-16(21)20-8-5-17(22,6-9-20)14-4-3-7-18-11-14/h3-4,7,11,22H,5-6,8-10H2,1-2H3. The molecule has 0 atom stereocenters. The van der Waals surface area contributed by atoms with Gasteiger partial charge in [0.15, 0.2) is 0 Å². The minimum Gasteiger partial charge on any atom is -0.385 e. The molecule has 2 aromatic heterocycles. The van der Waals surface area contributed by atoms with E-state index in [0.717, 1.165) is 16.8 Å². The highest BCUT2D eigenvalue weighted by Crippen LogP contribution is 2.32. The van der Waals surface area contributed by atoms with Crippen molar-refractivity contribution in [3.05, 3.63) is 47.1 Å². The van der Waals surface area contributed by atoms with Gasteiger partial charge in [-0.2, -0.15) is 0 Å². The normalized spacial score (nSPS) is 17.3. The molecule has 6 heteroatoms. The Bertz CT molecular complexity index is 669. The van der Waals surface area contributed by atoms with Gasteiger partial charge in [0.2, 0.25) is 5.91 Å². The maximum absolute atomic E-state index is 12.5. The lowest BCUT2D eigenvalue weighted by Crippen LogP contribution is -2.45. The molecule has 3 rings (SSSR count). The Hall–Kier alpha value is -2.21. The van der Waals surface area contributed by atoms with Crippen molar-refractivity contribution in [1.82, 2.24) is 15.0 Å². The number of aromatic nitrogens is 2. The van der Waals surface area contributed by atoms with E-state index in [1.165, 1.54) is 0 Å². The first-order chi connectivity index (χ1) is 11.0. The second kappa shape index (κ2) is 6.12. The first-order valence-electron chi connectivity index (χ1n) is 7.82. The molecule has 2 aromatic rings. The van der Waals surface area contributed by atoms with Gasteiger partial charge in [0.25, 0.3) is 0 Å². The van der Waals surface area contributed by atoms with E-state index < -0.39 is 5.60 Å². The average Bonchev–Trinajstić information content (AvgIpc) is 2.88. The third kappa shape index (κ3) is 3.12. The molecule has 122 valence electrons. The third-order valence-corrected chi connectivity index (χ3v) is 4.65. The molecule has 0 bridgehead atoms. The quantitative estimate of drug-likeness (QED) is 0.933. The first-order valence-corrected chi connectivity index (χ1v) is 7.82. The van der Waals surface area contributed by atoms with Crippen LogP contribution in [-0.2, 0) is 16.8 Å². The number of hydrogen-bond acceptors (Lipinski definition) is 5. The molecule has 1 aliphatic heterocycles. The van der Waals surface area contributed by atoms with Crippen molar-refractivity contribution < 1.29 is 14.4 Å². The Balaban J connectivity index is 1.64. The molecule has 0 aliphatic carbocycles. The number of rotatable bonds is 3. The van der Waals surface area contributed by atoms with E-state index in [-0.39, 0.29) is 5.91 Å². The van der Waals surface area contributed by atoms with Crippen LogP contribution in [0.4, 0.5) is 0 Å². The summed E-state index contributed by atoms with van der Waals surface area (Å²) in [4.78, 5) is 18.4. The van der Waals surface area contributed by atoms with Crippen molar-refractivity contribution >= 4 is 5.91 Å². The Labute approximate surface area is 135 Å². The summed E-state index contributed by atoms with van der Waals surface area (Å²) in [6.07, 6.45) is 4.72. The van der Waals surface area contributed by atoms with E-state index >= 15 is 0 Å². The smallest absolute Gasteiger partial charge is 0.227 e. The number of likely N-dealkylation sites (tertiary alicyclic amines) is 1. The lowest BCUT2D eigenvalue weighted by molar-refractivity contribution is -0.135. The lowest BCUT2D eigenvalue weighted by Gasteiger charge is -2.38. The van der Waals surface area contributed by atoms with Crippen molar-refractivity contribution in [2.45, 2.75) is 38.7 Å². The van der Waals surface area contributed by atoms with E-state index in [4.69, 9.17) is 4.52 Å². The topological polar surface area (TPSA) is 79.5 Å². The van der Waals surface area contributed by atoms with Crippen molar-refractivity contribution in [1.29, 1.82) is 0 Å². The molecular weight excluding hydrogens is 294 g/mol. The van der Waals surface area contributed by atoms with E-state index in [9.17, 15) is 9.90 Å². The number of hydrogen-bond donors (Lipinski definition) is 1. The number of pyridine rings is 1. The van der Waals surface area contributed by atoms with Crippen molar-refractivity contribution in [3.63, 3.8) is 0 Å². The molecule has 0 unspecified atom stereocenters. The average molecular weight is 315 g/mol. The minimum absolute atomic E-state index is 0.0487. The highest BCUT2D eigenvalue weighted by molar-refractivity contribution is 5.79. The van der Waals surface area contributed by atoms with E-state index in [1.807, 2.05) is 26.0 Å². The van der Waals surface area contributed by atoms with E-state index in [1.54, 1.807) is 17.3 Å². The van der Waals surface area contributed by atoms with Gasteiger partial charge in [-0.25, -0.2) is 0 Å². The molecule has 0 saturated carbocycles. The monoisotopic (exact) mass is 315 g/mol. The van der Waals surface area contributed by atoms with Crippen LogP contribution >= 0.6 is 0 Å². The largest absolute Gasteiger partial charge is 0.385 e. The van der Waals surface area contributed by atoms with Crippen molar-refractivity contribution in [2.24, 2.45) is 0 Å². The zero-order valence-electron chi connectivity index (χ0n) is 13.5. The second-order valence-electron chi connectivity index (χ2n) is 6.13. The predicted octanol–water partition coefficient (Wildman–Crippen LogP) is 1.74. The summed E-state index contributed by atoms with van der Waals surface area (Å²) in [7, 11) is 0. The fraction of sp³-hybridized carbons (Fsp3) is 0.471. The van der Waals surface area contributed by atoms with Crippen molar-refractivity contribution in [2.75, 3.05) is 13.1 Å². The first kappa shape index (κ1) is 15.7.